The molecule has 0 amide bonds. The Balaban J connectivity index is 2.71. The third-order valence-electron chi connectivity index (χ3n) is 0.913. The lowest BCUT2D eigenvalue weighted by atomic mass is 10.1. The highest BCUT2D eigenvalue weighted by molar-refractivity contribution is 14.1. The fourth-order valence-electron chi connectivity index (χ4n) is 0.484. The van der Waals surface area contributed by atoms with Gasteiger partial charge in [-0.05, 0) is 6.58 Å². The van der Waals surface area contributed by atoms with Crippen molar-refractivity contribution in [1.29, 1.82) is 0 Å². The van der Waals surface area contributed by atoms with Crippen molar-refractivity contribution in [2.75, 3.05) is 0 Å². The van der Waals surface area contributed by atoms with Crippen LogP contribution in [0.15, 0.2) is 34.0 Å². The van der Waals surface area contributed by atoms with Gasteiger partial charge in [0.2, 0.25) is 0 Å². The van der Waals surface area contributed by atoms with Crippen molar-refractivity contribution in [3.63, 3.8) is 0 Å². The normalized spacial score (nSPS) is 17.6. The average molecular weight is 217 g/mol. The van der Waals surface area contributed by atoms with Crippen molar-refractivity contribution in [1.82, 2.24) is 0 Å². The largest absolute Gasteiger partial charge is 0.0897 e. The zero-order chi connectivity index (χ0) is 5.98. The summed E-state index contributed by atoms with van der Waals surface area (Å²) in [4.78, 5) is 0. The molecule has 1 heteroatoms. The zero-order valence-corrected chi connectivity index (χ0v) is 6.55. The van der Waals surface area contributed by atoms with E-state index in [-0.39, 0.29) is 0 Å². The van der Waals surface area contributed by atoms with E-state index < -0.39 is 0 Å². The van der Waals surface area contributed by atoms with Crippen LogP contribution < -0.4 is 0 Å². The third kappa shape index (κ3) is 1.40. The summed E-state index contributed by atoms with van der Waals surface area (Å²) in [5.41, 5.74) is 1.07. The van der Waals surface area contributed by atoms with Crippen molar-refractivity contribution >= 4 is 22.6 Å². The van der Waals surface area contributed by atoms with Gasteiger partial charge >= 0.3 is 0 Å². The second-order valence-corrected chi connectivity index (χ2v) is 2.87. The Morgan fingerprint density at radius 2 is 2.25 bits per heavy atom. The maximum absolute atomic E-state index is 3.76. The molecule has 1 aliphatic carbocycles. The van der Waals surface area contributed by atoms with Crippen LogP contribution in [0.5, 0.6) is 0 Å². The molecule has 0 aliphatic heterocycles. The second-order valence-electron chi connectivity index (χ2n) is 1.63. The number of hydrogen-bond acceptors (Lipinski definition) is 0. The summed E-state index contributed by atoms with van der Waals surface area (Å²) in [6, 6.07) is 0. The first kappa shape index (κ1) is 5.95. The van der Waals surface area contributed by atoms with Crippen LogP contribution in [0, 0.1) is 6.42 Å². The molecular formula is C7H6I+. The van der Waals surface area contributed by atoms with E-state index in [1.54, 1.807) is 0 Å². The summed E-state index contributed by atoms with van der Waals surface area (Å²) in [7, 11) is 0. The molecule has 0 bridgehead atoms. The van der Waals surface area contributed by atoms with Crippen molar-refractivity contribution in [3.8, 4) is 0 Å². The zero-order valence-electron chi connectivity index (χ0n) is 4.39. The van der Waals surface area contributed by atoms with E-state index >= 15 is 0 Å². The summed E-state index contributed by atoms with van der Waals surface area (Å²) in [6.45, 7) is 3.76. The van der Waals surface area contributed by atoms with Crippen molar-refractivity contribution in [3.05, 3.63) is 40.4 Å². The van der Waals surface area contributed by atoms with Crippen molar-refractivity contribution in [2.45, 2.75) is 0 Å². The maximum atomic E-state index is 3.76. The second kappa shape index (κ2) is 2.40. The average Bonchev–Trinajstić information content (AvgIpc) is 1.77. The molecule has 0 saturated heterocycles. The summed E-state index contributed by atoms with van der Waals surface area (Å²) in [6.07, 6.45) is 8.09. The first-order chi connectivity index (χ1) is 3.79. The van der Waals surface area contributed by atoms with Crippen molar-refractivity contribution < 1.29 is 0 Å². The Labute approximate surface area is 63.1 Å². The molecule has 0 aromatic heterocycles. The molecule has 0 atom stereocenters. The molecule has 0 fully saturated rings. The van der Waals surface area contributed by atoms with E-state index in [2.05, 4.69) is 29.2 Å². The maximum Gasteiger partial charge on any atom is 0.0897 e. The lowest BCUT2D eigenvalue weighted by molar-refractivity contribution is 1.55. The Morgan fingerprint density at radius 3 is 2.62 bits per heavy atom. The number of rotatable bonds is 0. The van der Waals surface area contributed by atoms with Crippen LogP contribution in [0.1, 0.15) is 0 Å². The molecule has 0 heterocycles. The van der Waals surface area contributed by atoms with Gasteiger partial charge in [-0.2, -0.15) is 0 Å². The Hall–Kier alpha value is -0.180. The van der Waals surface area contributed by atoms with Gasteiger partial charge in [0.1, 0.15) is 0 Å². The molecule has 0 spiro atoms. The van der Waals surface area contributed by atoms with Crippen LogP contribution in [0.3, 0.4) is 0 Å². The highest BCUT2D eigenvalue weighted by Gasteiger charge is 2.01. The molecule has 0 N–H and O–H groups in total. The first-order valence-corrected chi connectivity index (χ1v) is 3.44. The van der Waals surface area contributed by atoms with E-state index in [9.17, 15) is 0 Å². The van der Waals surface area contributed by atoms with E-state index in [1.807, 2.05) is 24.6 Å². The number of halogens is 1. The lowest BCUT2D eigenvalue weighted by Crippen LogP contribution is -1.79. The molecule has 8 heavy (non-hydrogen) atoms. The van der Waals surface area contributed by atoms with Crippen LogP contribution in [0.2, 0.25) is 0 Å². The standard InChI is InChI=1S/C7H6I/c1-6-2-4-7(8)5-3-6/h2-5H,1H2/q+1. The molecule has 1 aliphatic rings. The molecule has 0 aromatic carbocycles. The first-order valence-electron chi connectivity index (χ1n) is 2.36. The minimum atomic E-state index is 1.07. The quantitative estimate of drug-likeness (QED) is 0.432. The summed E-state index contributed by atoms with van der Waals surface area (Å²) < 4.78 is 1.26. The van der Waals surface area contributed by atoms with Crippen LogP contribution in [0.25, 0.3) is 0 Å². The Kier molecular flexibility index (Phi) is 1.78. The molecule has 0 saturated carbocycles. The Bertz CT molecular complexity index is 160. The molecular weight excluding hydrogens is 211 g/mol. The summed E-state index contributed by atoms with van der Waals surface area (Å²) in [5, 5.41) is 0. The van der Waals surface area contributed by atoms with E-state index in [1.165, 1.54) is 3.58 Å². The van der Waals surface area contributed by atoms with Crippen LogP contribution in [-0.2, 0) is 0 Å². The fourth-order valence-corrected chi connectivity index (χ4v) is 0.844. The van der Waals surface area contributed by atoms with Gasteiger partial charge in [-0.15, -0.1) is 0 Å². The minimum absolute atomic E-state index is 1.07. The number of hydrogen-bond donors (Lipinski definition) is 0. The lowest BCUT2D eigenvalue weighted by Gasteiger charge is -1.90. The smallest absolute Gasteiger partial charge is 0.0161 e. The molecule has 1 rings (SSSR count). The van der Waals surface area contributed by atoms with Gasteiger partial charge in [-0.3, -0.25) is 0 Å². The van der Waals surface area contributed by atoms with Gasteiger partial charge < -0.3 is 0 Å². The highest BCUT2D eigenvalue weighted by Crippen LogP contribution is 2.17. The van der Waals surface area contributed by atoms with Gasteiger partial charge in [-0.25, -0.2) is 0 Å². The van der Waals surface area contributed by atoms with Gasteiger partial charge in [0.05, 0.1) is 9.15 Å². The fraction of sp³-hybridized carbons (Fsp3) is 0. The summed E-state index contributed by atoms with van der Waals surface area (Å²) in [5.74, 6) is 0. The van der Waals surface area contributed by atoms with Crippen LogP contribution >= 0.6 is 22.6 Å². The molecule has 0 aromatic rings. The van der Waals surface area contributed by atoms with Gasteiger partial charge in [0.25, 0.3) is 0 Å². The van der Waals surface area contributed by atoms with Gasteiger partial charge in [0.15, 0.2) is 0 Å². The molecule has 40 valence electrons. The van der Waals surface area contributed by atoms with E-state index in [0.29, 0.717) is 0 Å². The van der Waals surface area contributed by atoms with Crippen molar-refractivity contribution in [2.24, 2.45) is 0 Å². The minimum Gasteiger partial charge on any atom is -0.0161 e. The Morgan fingerprint density at radius 1 is 1.50 bits per heavy atom. The topological polar surface area (TPSA) is 0 Å². The van der Waals surface area contributed by atoms with Gasteiger partial charge in [0, 0.05) is 47.2 Å². The predicted molar refractivity (Wildman–Crippen MR) is 44.7 cm³/mol. The highest BCUT2D eigenvalue weighted by atomic mass is 127. The van der Waals surface area contributed by atoms with E-state index in [4.69, 9.17) is 0 Å². The number of allylic oxidation sites excluding steroid dienone is 5. The van der Waals surface area contributed by atoms with Gasteiger partial charge in [-0.1, -0.05) is 0 Å². The van der Waals surface area contributed by atoms with Crippen LogP contribution in [0.4, 0.5) is 0 Å². The predicted octanol–water partition coefficient (Wildman–Crippen LogP) is 2.64. The van der Waals surface area contributed by atoms with Crippen LogP contribution in [-0.4, -0.2) is 0 Å². The van der Waals surface area contributed by atoms with E-state index in [0.717, 1.165) is 5.57 Å². The monoisotopic (exact) mass is 217 g/mol. The summed E-state index contributed by atoms with van der Waals surface area (Å²) >= 11 is 2.27. The SMILES string of the molecule is C=C1C=CC(I)=C[CH+]1. The molecule has 0 nitrogen and oxygen atoms in total. The molecule has 0 radical (unpaired) electrons. The molecule has 0 unspecified atom stereocenters. The third-order valence-corrected chi connectivity index (χ3v) is 1.63.